The maximum Gasteiger partial charge on any atom is 0.142 e. The lowest BCUT2D eigenvalue weighted by Gasteiger charge is -2.31. The molecule has 1 heterocycles. The zero-order chi connectivity index (χ0) is 9.26. The second-order valence-corrected chi connectivity index (χ2v) is 3.72. The molecule has 0 atom stereocenters. The zero-order valence-electron chi connectivity index (χ0n) is 8.16. The highest BCUT2D eigenvalue weighted by atomic mass is 16.5. The number of benzene rings is 1. The maximum absolute atomic E-state index is 5.62. The summed E-state index contributed by atoms with van der Waals surface area (Å²) < 4.78 is 5.62. The number of fused-ring (bicyclic) bond motifs is 1. The molecule has 70 valence electrons. The number of rotatable bonds is 1. The Bertz CT molecular complexity index is 296. The van der Waals surface area contributed by atoms with E-state index in [0.717, 1.165) is 12.3 Å². The van der Waals surface area contributed by atoms with Crippen molar-refractivity contribution in [3.05, 3.63) is 29.8 Å². The van der Waals surface area contributed by atoms with Gasteiger partial charge < -0.3 is 4.74 Å². The van der Waals surface area contributed by atoms with Gasteiger partial charge in [0.25, 0.3) is 0 Å². The van der Waals surface area contributed by atoms with Gasteiger partial charge in [0.15, 0.2) is 0 Å². The summed E-state index contributed by atoms with van der Waals surface area (Å²) in [4.78, 5) is 2.31. The van der Waals surface area contributed by atoms with Crippen LogP contribution >= 0.6 is 0 Å². The van der Waals surface area contributed by atoms with Gasteiger partial charge >= 0.3 is 0 Å². The summed E-state index contributed by atoms with van der Waals surface area (Å²) in [6.45, 7) is 6.11. The molecule has 1 aliphatic rings. The van der Waals surface area contributed by atoms with Crippen LogP contribution in [0.1, 0.15) is 19.4 Å². The number of ether oxygens (including phenoxy) is 1. The third-order valence-electron chi connectivity index (χ3n) is 2.46. The standard InChI is InChI=1S/C11H15NO/c1-9(2)12-7-10-5-3-4-6-11(10)13-8-12/h3-6,9H,7-8H2,1-2H3. The Morgan fingerprint density at radius 3 is 2.85 bits per heavy atom. The molecule has 0 saturated carbocycles. The van der Waals surface area contributed by atoms with Crippen molar-refractivity contribution in [2.45, 2.75) is 26.4 Å². The quantitative estimate of drug-likeness (QED) is 0.652. The molecule has 0 unspecified atom stereocenters. The first-order valence-corrected chi connectivity index (χ1v) is 4.72. The maximum atomic E-state index is 5.62. The van der Waals surface area contributed by atoms with Crippen LogP contribution in [0.2, 0.25) is 0 Å². The zero-order valence-corrected chi connectivity index (χ0v) is 8.16. The van der Waals surface area contributed by atoms with Crippen molar-refractivity contribution in [3.8, 4) is 5.75 Å². The summed E-state index contributed by atoms with van der Waals surface area (Å²) >= 11 is 0. The average molecular weight is 177 g/mol. The minimum absolute atomic E-state index is 0.549. The van der Waals surface area contributed by atoms with E-state index >= 15 is 0 Å². The van der Waals surface area contributed by atoms with Gasteiger partial charge in [0.1, 0.15) is 12.5 Å². The minimum Gasteiger partial charge on any atom is -0.478 e. The molecule has 1 aromatic rings. The van der Waals surface area contributed by atoms with E-state index in [1.807, 2.05) is 12.1 Å². The Morgan fingerprint density at radius 1 is 1.31 bits per heavy atom. The van der Waals surface area contributed by atoms with Crippen LogP contribution in [0.3, 0.4) is 0 Å². The predicted molar refractivity (Wildman–Crippen MR) is 52.6 cm³/mol. The van der Waals surface area contributed by atoms with Gasteiger partial charge in [-0.15, -0.1) is 0 Å². The monoisotopic (exact) mass is 177 g/mol. The van der Waals surface area contributed by atoms with Crippen LogP contribution in [0.15, 0.2) is 24.3 Å². The SMILES string of the molecule is CC(C)N1COc2ccccc2C1. The molecule has 1 aliphatic heterocycles. The molecule has 0 aliphatic carbocycles. The lowest BCUT2D eigenvalue weighted by Crippen LogP contribution is -2.36. The van der Waals surface area contributed by atoms with Crippen molar-refractivity contribution in [3.63, 3.8) is 0 Å². The third kappa shape index (κ3) is 1.68. The number of nitrogens with zero attached hydrogens (tertiary/aromatic N) is 1. The number of hydrogen-bond acceptors (Lipinski definition) is 2. The Balaban J connectivity index is 2.20. The van der Waals surface area contributed by atoms with Crippen LogP contribution in [0, 0.1) is 0 Å². The summed E-state index contributed by atoms with van der Waals surface area (Å²) in [5.74, 6) is 1.04. The van der Waals surface area contributed by atoms with E-state index in [9.17, 15) is 0 Å². The van der Waals surface area contributed by atoms with Crippen LogP contribution in [-0.4, -0.2) is 17.7 Å². The fraction of sp³-hybridized carbons (Fsp3) is 0.455. The predicted octanol–water partition coefficient (Wildman–Crippen LogP) is 2.25. The summed E-state index contributed by atoms with van der Waals surface area (Å²) in [6.07, 6.45) is 0. The highest BCUT2D eigenvalue weighted by Gasteiger charge is 2.18. The molecule has 2 rings (SSSR count). The number of para-hydroxylation sites is 1. The van der Waals surface area contributed by atoms with Crippen LogP contribution in [0.4, 0.5) is 0 Å². The molecular formula is C11H15NO. The van der Waals surface area contributed by atoms with Gasteiger partial charge in [0.2, 0.25) is 0 Å². The van der Waals surface area contributed by atoms with Crippen molar-refractivity contribution >= 4 is 0 Å². The minimum atomic E-state index is 0.549. The third-order valence-corrected chi connectivity index (χ3v) is 2.46. The van der Waals surface area contributed by atoms with Crippen LogP contribution in [-0.2, 0) is 6.54 Å². The van der Waals surface area contributed by atoms with Gasteiger partial charge in [-0.05, 0) is 19.9 Å². The van der Waals surface area contributed by atoms with E-state index in [4.69, 9.17) is 4.74 Å². The Morgan fingerprint density at radius 2 is 2.08 bits per heavy atom. The summed E-state index contributed by atoms with van der Waals surface area (Å²) in [5.41, 5.74) is 1.29. The van der Waals surface area contributed by atoms with Crippen LogP contribution in [0.25, 0.3) is 0 Å². The van der Waals surface area contributed by atoms with Crippen molar-refractivity contribution in [2.24, 2.45) is 0 Å². The topological polar surface area (TPSA) is 12.5 Å². The normalized spacial score (nSPS) is 16.8. The molecule has 0 fully saturated rings. The molecule has 13 heavy (non-hydrogen) atoms. The molecule has 0 N–H and O–H groups in total. The second kappa shape index (κ2) is 3.38. The Labute approximate surface area is 79.1 Å². The molecule has 0 spiro atoms. The first-order valence-electron chi connectivity index (χ1n) is 4.72. The average Bonchev–Trinajstić information content (AvgIpc) is 2.17. The molecule has 2 nitrogen and oxygen atoms in total. The largest absolute Gasteiger partial charge is 0.478 e. The van der Waals surface area contributed by atoms with Crippen molar-refractivity contribution in [1.82, 2.24) is 4.90 Å². The molecular weight excluding hydrogens is 162 g/mol. The fourth-order valence-electron chi connectivity index (χ4n) is 1.52. The summed E-state index contributed by atoms with van der Waals surface area (Å²) in [5, 5.41) is 0. The van der Waals surface area contributed by atoms with Gasteiger partial charge in [-0.2, -0.15) is 0 Å². The lowest BCUT2D eigenvalue weighted by atomic mass is 10.1. The van der Waals surface area contributed by atoms with Gasteiger partial charge in [-0.25, -0.2) is 0 Å². The van der Waals surface area contributed by atoms with E-state index in [0.29, 0.717) is 12.8 Å². The van der Waals surface area contributed by atoms with E-state index in [1.165, 1.54) is 5.56 Å². The van der Waals surface area contributed by atoms with Gasteiger partial charge in [0, 0.05) is 18.2 Å². The number of hydrogen-bond donors (Lipinski definition) is 0. The van der Waals surface area contributed by atoms with E-state index in [1.54, 1.807) is 0 Å². The second-order valence-electron chi connectivity index (χ2n) is 3.72. The van der Waals surface area contributed by atoms with Gasteiger partial charge in [0.05, 0.1) is 0 Å². The van der Waals surface area contributed by atoms with Gasteiger partial charge in [-0.3, -0.25) is 4.90 Å². The van der Waals surface area contributed by atoms with Gasteiger partial charge in [-0.1, -0.05) is 18.2 Å². The fourth-order valence-corrected chi connectivity index (χ4v) is 1.52. The van der Waals surface area contributed by atoms with Crippen molar-refractivity contribution in [1.29, 1.82) is 0 Å². The molecule has 0 saturated heterocycles. The molecule has 0 aromatic heterocycles. The Kier molecular flexibility index (Phi) is 2.23. The molecule has 0 radical (unpaired) electrons. The highest BCUT2D eigenvalue weighted by molar-refractivity contribution is 5.34. The molecule has 1 aromatic carbocycles. The first-order chi connectivity index (χ1) is 6.27. The molecule has 0 amide bonds. The summed E-state index contributed by atoms with van der Waals surface area (Å²) in [7, 11) is 0. The Hall–Kier alpha value is -1.02. The van der Waals surface area contributed by atoms with E-state index in [2.05, 4.69) is 30.9 Å². The van der Waals surface area contributed by atoms with Crippen LogP contribution in [0.5, 0.6) is 5.75 Å². The molecule has 2 heteroatoms. The van der Waals surface area contributed by atoms with Crippen molar-refractivity contribution in [2.75, 3.05) is 6.73 Å². The van der Waals surface area contributed by atoms with E-state index < -0.39 is 0 Å². The first kappa shape index (κ1) is 8.57. The lowest BCUT2D eigenvalue weighted by molar-refractivity contribution is 0.0686. The molecule has 0 bridgehead atoms. The van der Waals surface area contributed by atoms with Crippen LogP contribution < -0.4 is 4.74 Å². The summed E-state index contributed by atoms with van der Waals surface area (Å²) in [6, 6.07) is 8.79. The van der Waals surface area contributed by atoms with E-state index in [-0.39, 0.29) is 0 Å². The smallest absolute Gasteiger partial charge is 0.142 e. The highest BCUT2D eigenvalue weighted by Crippen LogP contribution is 2.24. The van der Waals surface area contributed by atoms with Crippen molar-refractivity contribution < 1.29 is 4.74 Å².